The summed E-state index contributed by atoms with van der Waals surface area (Å²) < 4.78 is 0. The molecule has 0 bridgehead atoms. The van der Waals surface area contributed by atoms with E-state index in [1.165, 1.54) is 45.1 Å². The molecule has 1 saturated carbocycles. The highest BCUT2D eigenvalue weighted by molar-refractivity contribution is 4.84. The Morgan fingerprint density at radius 1 is 0.929 bits per heavy atom. The molecule has 0 amide bonds. The van der Waals surface area contributed by atoms with Gasteiger partial charge in [-0.15, -0.1) is 0 Å². The summed E-state index contributed by atoms with van der Waals surface area (Å²) in [5, 5.41) is 3.73. The van der Waals surface area contributed by atoms with Crippen molar-refractivity contribution in [2.24, 2.45) is 11.8 Å². The van der Waals surface area contributed by atoms with E-state index < -0.39 is 0 Å². The Balaban J connectivity index is 0.000000461. The largest absolute Gasteiger partial charge is 0.313 e. The number of rotatable bonds is 0. The summed E-state index contributed by atoms with van der Waals surface area (Å²) in [6.07, 6.45) is 8.81. The minimum absolute atomic E-state index is 0.878. The monoisotopic (exact) mass is 197 g/mol. The van der Waals surface area contributed by atoms with Crippen LogP contribution in [0.3, 0.4) is 0 Å². The molecule has 84 valence electrons. The van der Waals surface area contributed by atoms with E-state index >= 15 is 0 Å². The van der Waals surface area contributed by atoms with E-state index in [1.807, 2.05) is 13.8 Å². The lowest BCUT2D eigenvalue weighted by Gasteiger charge is -2.30. The van der Waals surface area contributed by atoms with Gasteiger partial charge >= 0.3 is 0 Å². The highest BCUT2D eigenvalue weighted by Crippen LogP contribution is 2.31. The molecule has 1 saturated heterocycles. The van der Waals surface area contributed by atoms with Gasteiger partial charge in [0.2, 0.25) is 0 Å². The van der Waals surface area contributed by atoms with Crippen LogP contribution in [0.1, 0.15) is 59.3 Å². The second-order valence-electron chi connectivity index (χ2n) is 4.74. The van der Waals surface area contributed by atoms with Gasteiger partial charge in [0, 0.05) is 6.04 Å². The van der Waals surface area contributed by atoms with Crippen molar-refractivity contribution in [3.8, 4) is 0 Å². The van der Waals surface area contributed by atoms with Crippen molar-refractivity contribution in [2.75, 3.05) is 6.54 Å². The molecule has 2 fully saturated rings. The first-order chi connectivity index (χ1) is 6.86. The van der Waals surface area contributed by atoms with Crippen molar-refractivity contribution in [3.63, 3.8) is 0 Å². The van der Waals surface area contributed by atoms with Crippen molar-refractivity contribution in [1.82, 2.24) is 5.32 Å². The summed E-state index contributed by atoms with van der Waals surface area (Å²) in [6, 6.07) is 0.878. The minimum Gasteiger partial charge on any atom is -0.313 e. The Morgan fingerprint density at radius 3 is 2.43 bits per heavy atom. The van der Waals surface area contributed by atoms with E-state index in [1.54, 1.807) is 0 Å². The average molecular weight is 197 g/mol. The van der Waals surface area contributed by atoms with Crippen LogP contribution in [-0.2, 0) is 0 Å². The van der Waals surface area contributed by atoms with E-state index in [9.17, 15) is 0 Å². The zero-order valence-electron chi connectivity index (χ0n) is 10.2. The summed E-state index contributed by atoms with van der Waals surface area (Å²) in [4.78, 5) is 0. The van der Waals surface area contributed by atoms with E-state index in [-0.39, 0.29) is 0 Å². The van der Waals surface area contributed by atoms with Gasteiger partial charge in [0.05, 0.1) is 0 Å². The highest BCUT2D eigenvalue weighted by atomic mass is 14.9. The van der Waals surface area contributed by atoms with Crippen LogP contribution in [0, 0.1) is 11.8 Å². The van der Waals surface area contributed by atoms with Gasteiger partial charge in [0.25, 0.3) is 0 Å². The van der Waals surface area contributed by atoms with Crippen molar-refractivity contribution < 1.29 is 0 Å². The Labute approximate surface area is 89.7 Å². The van der Waals surface area contributed by atoms with E-state index in [0.717, 1.165) is 17.9 Å². The van der Waals surface area contributed by atoms with Crippen LogP contribution in [0.15, 0.2) is 0 Å². The fraction of sp³-hybridized carbons (Fsp3) is 1.00. The molecule has 0 aromatic rings. The summed E-state index contributed by atoms with van der Waals surface area (Å²) in [5.74, 6) is 1.93. The summed E-state index contributed by atoms with van der Waals surface area (Å²) in [7, 11) is 0. The van der Waals surface area contributed by atoms with Gasteiger partial charge in [-0.1, -0.05) is 33.6 Å². The highest BCUT2D eigenvalue weighted by Gasteiger charge is 2.27. The molecule has 1 aliphatic carbocycles. The topological polar surface area (TPSA) is 12.0 Å². The van der Waals surface area contributed by atoms with Gasteiger partial charge in [-0.25, -0.2) is 0 Å². The molecule has 3 unspecified atom stereocenters. The molecular weight excluding hydrogens is 170 g/mol. The number of fused-ring (bicyclic) bond motifs is 1. The lowest BCUT2D eigenvalue weighted by atomic mass is 9.82. The molecule has 0 aromatic heterocycles. The Hall–Kier alpha value is -0.0400. The first-order valence-corrected chi connectivity index (χ1v) is 6.59. The molecule has 3 atom stereocenters. The Morgan fingerprint density at radius 2 is 1.64 bits per heavy atom. The van der Waals surface area contributed by atoms with Gasteiger partial charge < -0.3 is 5.32 Å². The summed E-state index contributed by atoms with van der Waals surface area (Å²) in [6.45, 7) is 7.64. The summed E-state index contributed by atoms with van der Waals surface area (Å²) in [5.41, 5.74) is 0. The molecule has 0 aromatic carbocycles. The van der Waals surface area contributed by atoms with Gasteiger partial charge in [-0.05, 0) is 44.1 Å². The van der Waals surface area contributed by atoms with Gasteiger partial charge in [-0.3, -0.25) is 0 Å². The third-order valence-corrected chi connectivity index (χ3v) is 3.67. The fourth-order valence-electron chi connectivity index (χ4n) is 2.78. The minimum atomic E-state index is 0.878. The number of hydrogen-bond donors (Lipinski definition) is 1. The molecule has 1 aliphatic heterocycles. The van der Waals surface area contributed by atoms with Crippen LogP contribution in [0.5, 0.6) is 0 Å². The van der Waals surface area contributed by atoms with Gasteiger partial charge in [0.15, 0.2) is 0 Å². The molecular formula is C13H27N. The molecule has 0 spiro atoms. The van der Waals surface area contributed by atoms with Crippen molar-refractivity contribution >= 4 is 0 Å². The predicted molar refractivity (Wildman–Crippen MR) is 63.5 cm³/mol. The predicted octanol–water partition coefficient (Wildman–Crippen LogP) is 3.59. The van der Waals surface area contributed by atoms with Crippen LogP contribution in [0.25, 0.3) is 0 Å². The first kappa shape index (κ1) is 12.0. The maximum absolute atomic E-state index is 3.73. The molecule has 1 heteroatoms. The summed E-state index contributed by atoms with van der Waals surface area (Å²) >= 11 is 0. The third kappa shape index (κ3) is 3.27. The second-order valence-corrected chi connectivity index (χ2v) is 4.74. The molecule has 1 nitrogen and oxygen atoms in total. The maximum Gasteiger partial charge on any atom is 0.00954 e. The SMILES string of the molecule is CC.CC1CCC2CCCCC2NC1. The Bertz CT molecular complexity index is 128. The van der Waals surface area contributed by atoms with Crippen LogP contribution in [0.2, 0.25) is 0 Å². The van der Waals surface area contributed by atoms with Crippen molar-refractivity contribution in [2.45, 2.75) is 65.3 Å². The molecule has 0 radical (unpaired) electrons. The quantitative estimate of drug-likeness (QED) is 0.626. The van der Waals surface area contributed by atoms with Crippen LogP contribution >= 0.6 is 0 Å². The molecule has 1 heterocycles. The Kier molecular flexibility index (Phi) is 5.54. The third-order valence-electron chi connectivity index (χ3n) is 3.67. The van der Waals surface area contributed by atoms with E-state index in [0.29, 0.717) is 0 Å². The smallest absolute Gasteiger partial charge is 0.00954 e. The maximum atomic E-state index is 3.73. The van der Waals surface area contributed by atoms with Crippen molar-refractivity contribution in [1.29, 1.82) is 0 Å². The van der Waals surface area contributed by atoms with Crippen LogP contribution in [0.4, 0.5) is 0 Å². The number of hydrogen-bond acceptors (Lipinski definition) is 1. The molecule has 2 aliphatic rings. The standard InChI is InChI=1S/C11H21N.C2H6/c1-9-6-7-10-4-2-3-5-11(10)12-8-9;1-2/h9-12H,2-8H2,1H3;1-2H3. The molecule has 2 rings (SSSR count). The lowest BCUT2D eigenvalue weighted by molar-refractivity contribution is 0.267. The average Bonchev–Trinajstić information content (AvgIpc) is 2.45. The van der Waals surface area contributed by atoms with Crippen LogP contribution < -0.4 is 5.32 Å². The van der Waals surface area contributed by atoms with Gasteiger partial charge in [0.1, 0.15) is 0 Å². The number of nitrogens with one attached hydrogen (secondary N) is 1. The molecule has 1 N–H and O–H groups in total. The van der Waals surface area contributed by atoms with Crippen molar-refractivity contribution in [3.05, 3.63) is 0 Å². The first-order valence-electron chi connectivity index (χ1n) is 6.59. The second kappa shape index (κ2) is 6.44. The van der Waals surface area contributed by atoms with E-state index in [4.69, 9.17) is 0 Å². The zero-order chi connectivity index (χ0) is 10.4. The van der Waals surface area contributed by atoms with Crippen LogP contribution in [-0.4, -0.2) is 12.6 Å². The fourth-order valence-corrected chi connectivity index (χ4v) is 2.78. The molecule has 14 heavy (non-hydrogen) atoms. The zero-order valence-corrected chi connectivity index (χ0v) is 10.2. The lowest BCUT2D eigenvalue weighted by Crippen LogP contribution is -2.37. The normalized spacial score (nSPS) is 37.5. The van der Waals surface area contributed by atoms with E-state index in [2.05, 4.69) is 12.2 Å². The van der Waals surface area contributed by atoms with Gasteiger partial charge in [-0.2, -0.15) is 0 Å².